The van der Waals surface area contributed by atoms with E-state index in [0.29, 0.717) is 6.54 Å². The number of rotatable bonds is 6. The number of carbonyl (C=O) groups excluding carboxylic acids is 1. The topological polar surface area (TPSA) is 72.9 Å². The molecule has 0 aromatic carbocycles. The number of nitrogens with one attached hydrogen (secondary N) is 1. The average molecular weight is 224 g/mol. The monoisotopic (exact) mass is 224 g/mol. The molecule has 16 heavy (non-hydrogen) atoms. The van der Waals surface area contributed by atoms with Crippen LogP contribution in [0, 0.1) is 0 Å². The minimum atomic E-state index is -0.335. The van der Waals surface area contributed by atoms with Crippen molar-refractivity contribution in [2.45, 2.75) is 46.3 Å². The normalized spacial score (nSPS) is 12.7. The standard InChI is InChI=1S/C11H20N4O/c1-4-9-6-10(15(5-2)14-9)7-13-8(3)11(12)16/h6,8,13H,4-5,7H2,1-3H3,(H2,12,16). The Balaban J connectivity index is 2.65. The third-order valence-electron chi connectivity index (χ3n) is 2.59. The molecule has 90 valence electrons. The molecule has 1 atom stereocenters. The van der Waals surface area contributed by atoms with Gasteiger partial charge in [0.15, 0.2) is 0 Å². The molecule has 0 aliphatic carbocycles. The highest BCUT2D eigenvalue weighted by molar-refractivity contribution is 5.79. The summed E-state index contributed by atoms with van der Waals surface area (Å²) in [6, 6.07) is 1.75. The molecule has 1 unspecified atom stereocenters. The average Bonchev–Trinajstić information content (AvgIpc) is 2.68. The molecule has 0 spiro atoms. The van der Waals surface area contributed by atoms with Crippen LogP contribution in [0.15, 0.2) is 6.07 Å². The van der Waals surface area contributed by atoms with Crippen LogP contribution in [0.4, 0.5) is 0 Å². The van der Waals surface area contributed by atoms with Gasteiger partial charge in [-0.1, -0.05) is 6.92 Å². The number of aromatic nitrogens is 2. The number of nitrogens with zero attached hydrogens (tertiary/aromatic N) is 2. The summed E-state index contributed by atoms with van der Waals surface area (Å²) in [7, 11) is 0. The predicted octanol–water partition coefficient (Wildman–Crippen LogP) is 0.429. The summed E-state index contributed by atoms with van der Waals surface area (Å²) in [6.07, 6.45) is 0.922. The molecule has 5 nitrogen and oxygen atoms in total. The molecular weight excluding hydrogens is 204 g/mol. The van der Waals surface area contributed by atoms with Crippen LogP contribution >= 0.6 is 0 Å². The lowest BCUT2D eigenvalue weighted by atomic mass is 10.2. The molecule has 0 saturated carbocycles. The molecule has 0 bridgehead atoms. The highest BCUT2D eigenvalue weighted by atomic mass is 16.1. The summed E-state index contributed by atoms with van der Waals surface area (Å²) >= 11 is 0. The Morgan fingerprint density at radius 2 is 2.31 bits per heavy atom. The molecule has 1 rings (SSSR count). The highest BCUT2D eigenvalue weighted by Crippen LogP contribution is 2.05. The van der Waals surface area contributed by atoms with Crippen molar-refractivity contribution in [3.05, 3.63) is 17.5 Å². The number of nitrogens with two attached hydrogens (primary N) is 1. The van der Waals surface area contributed by atoms with E-state index in [4.69, 9.17) is 5.73 Å². The molecule has 5 heteroatoms. The van der Waals surface area contributed by atoms with Crippen molar-refractivity contribution in [3.8, 4) is 0 Å². The number of hydrogen-bond acceptors (Lipinski definition) is 3. The molecule has 1 aromatic heterocycles. The van der Waals surface area contributed by atoms with E-state index in [0.717, 1.165) is 24.4 Å². The van der Waals surface area contributed by atoms with Gasteiger partial charge >= 0.3 is 0 Å². The van der Waals surface area contributed by atoms with Crippen LogP contribution in [0.5, 0.6) is 0 Å². The number of aryl methyl sites for hydroxylation is 2. The molecular formula is C11H20N4O. The van der Waals surface area contributed by atoms with Crippen molar-refractivity contribution in [1.82, 2.24) is 15.1 Å². The molecule has 0 aliphatic heterocycles. The lowest BCUT2D eigenvalue weighted by molar-refractivity contribution is -0.119. The maximum Gasteiger partial charge on any atom is 0.234 e. The molecule has 1 aromatic rings. The minimum absolute atomic E-state index is 0.315. The Labute approximate surface area is 96.0 Å². The van der Waals surface area contributed by atoms with E-state index in [-0.39, 0.29) is 11.9 Å². The Bertz CT molecular complexity index is 359. The predicted molar refractivity (Wildman–Crippen MR) is 62.8 cm³/mol. The van der Waals surface area contributed by atoms with Gasteiger partial charge in [-0.2, -0.15) is 5.10 Å². The van der Waals surface area contributed by atoms with Gasteiger partial charge in [-0.25, -0.2) is 0 Å². The summed E-state index contributed by atoms with van der Waals surface area (Å²) in [5.41, 5.74) is 7.34. The highest BCUT2D eigenvalue weighted by Gasteiger charge is 2.10. The van der Waals surface area contributed by atoms with E-state index < -0.39 is 0 Å². The van der Waals surface area contributed by atoms with Crippen molar-refractivity contribution in [3.63, 3.8) is 0 Å². The van der Waals surface area contributed by atoms with Gasteiger partial charge in [-0.3, -0.25) is 9.48 Å². The van der Waals surface area contributed by atoms with Crippen LogP contribution in [-0.2, 0) is 24.3 Å². The molecule has 0 saturated heterocycles. The van der Waals surface area contributed by atoms with Crippen LogP contribution in [0.2, 0.25) is 0 Å². The van der Waals surface area contributed by atoms with Crippen molar-refractivity contribution < 1.29 is 4.79 Å². The van der Waals surface area contributed by atoms with E-state index in [1.165, 1.54) is 0 Å². The van der Waals surface area contributed by atoms with Gasteiger partial charge in [0.2, 0.25) is 5.91 Å². The van der Waals surface area contributed by atoms with Crippen LogP contribution in [0.25, 0.3) is 0 Å². The third kappa shape index (κ3) is 3.06. The first-order valence-electron chi connectivity index (χ1n) is 5.66. The molecule has 3 N–H and O–H groups in total. The maximum absolute atomic E-state index is 10.9. The number of carbonyl (C=O) groups is 1. The van der Waals surface area contributed by atoms with Crippen molar-refractivity contribution in [2.24, 2.45) is 5.73 Å². The summed E-state index contributed by atoms with van der Waals surface area (Å²) in [4.78, 5) is 10.9. The summed E-state index contributed by atoms with van der Waals surface area (Å²) in [5, 5.41) is 7.51. The molecule has 1 amide bonds. The number of primary amides is 1. The van der Waals surface area contributed by atoms with E-state index in [9.17, 15) is 4.79 Å². The van der Waals surface area contributed by atoms with Crippen LogP contribution in [0.1, 0.15) is 32.2 Å². The SMILES string of the molecule is CCc1cc(CNC(C)C(N)=O)n(CC)n1. The van der Waals surface area contributed by atoms with Crippen LogP contribution < -0.4 is 11.1 Å². The lowest BCUT2D eigenvalue weighted by Gasteiger charge is -2.10. The Kier molecular flexibility index (Phi) is 4.49. The quantitative estimate of drug-likeness (QED) is 0.736. The number of hydrogen-bond donors (Lipinski definition) is 2. The van der Waals surface area contributed by atoms with Gasteiger partial charge in [-0.05, 0) is 26.3 Å². The summed E-state index contributed by atoms with van der Waals surface area (Å²) in [6.45, 7) is 7.33. The fourth-order valence-electron chi connectivity index (χ4n) is 1.46. The molecule has 0 radical (unpaired) electrons. The fourth-order valence-corrected chi connectivity index (χ4v) is 1.46. The Morgan fingerprint density at radius 1 is 1.62 bits per heavy atom. The van der Waals surface area contributed by atoms with E-state index in [2.05, 4.69) is 23.4 Å². The first kappa shape index (κ1) is 12.7. The van der Waals surface area contributed by atoms with Gasteiger partial charge in [0, 0.05) is 13.1 Å². The fraction of sp³-hybridized carbons (Fsp3) is 0.636. The molecule has 1 heterocycles. The van der Waals surface area contributed by atoms with Gasteiger partial charge in [0.05, 0.1) is 17.4 Å². The third-order valence-corrected chi connectivity index (χ3v) is 2.59. The second-order valence-electron chi connectivity index (χ2n) is 3.80. The largest absolute Gasteiger partial charge is 0.368 e. The second kappa shape index (κ2) is 5.65. The molecule has 0 fully saturated rings. The minimum Gasteiger partial charge on any atom is -0.368 e. The van der Waals surface area contributed by atoms with E-state index in [1.807, 2.05) is 11.6 Å². The lowest BCUT2D eigenvalue weighted by Crippen LogP contribution is -2.38. The van der Waals surface area contributed by atoms with Gasteiger partial charge in [-0.15, -0.1) is 0 Å². The van der Waals surface area contributed by atoms with Crippen molar-refractivity contribution in [2.75, 3.05) is 0 Å². The zero-order valence-electron chi connectivity index (χ0n) is 10.2. The van der Waals surface area contributed by atoms with Crippen molar-refractivity contribution in [1.29, 1.82) is 0 Å². The van der Waals surface area contributed by atoms with E-state index >= 15 is 0 Å². The Hall–Kier alpha value is -1.36. The maximum atomic E-state index is 10.9. The van der Waals surface area contributed by atoms with Crippen LogP contribution in [-0.4, -0.2) is 21.7 Å². The van der Waals surface area contributed by atoms with Gasteiger partial charge < -0.3 is 11.1 Å². The first-order chi connectivity index (χ1) is 7.58. The van der Waals surface area contributed by atoms with Crippen LogP contribution in [0.3, 0.4) is 0 Å². The Morgan fingerprint density at radius 3 is 2.81 bits per heavy atom. The smallest absolute Gasteiger partial charge is 0.234 e. The first-order valence-corrected chi connectivity index (χ1v) is 5.66. The zero-order valence-corrected chi connectivity index (χ0v) is 10.2. The molecule has 0 aliphatic rings. The van der Waals surface area contributed by atoms with Gasteiger partial charge in [0.25, 0.3) is 0 Å². The summed E-state index contributed by atoms with van der Waals surface area (Å²) < 4.78 is 1.94. The zero-order chi connectivity index (χ0) is 12.1. The van der Waals surface area contributed by atoms with Gasteiger partial charge in [0.1, 0.15) is 0 Å². The number of amides is 1. The van der Waals surface area contributed by atoms with Crippen molar-refractivity contribution >= 4 is 5.91 Å². The second-order valence-corrected chi connectivity index (χ2v) is 3.80. The van der Waals surface area contributed by atoms with E-state index in [1.54, 1.807) is 6.92 Å². The summed E-state index contributed by atoms with van der Waals surface area (Å²) in [5.74, 6) is -0.335.